The molecule has 0 atom stereocenters. The minimum absolute atomic E-state index is 0.162. The molecule has 1 amide bonds. The summed E-state index contributed by atoms with van der Waals surface area (Å²) in [5.41, 5.74) is 1.00. The predicted molar refractivity (Wildman–Crippen MR) is 117 cm³/mol. The minimum atomic E-state index is -4.41. The first-order valence-corrected chi connectivity index (χ1v) is 11.0. The number of hydrogen-bond donors (Lipinski definition) is 0. The molecule has 3 aromatic rings. The van der Waals surface area contributed by atoms with E-state index in [1.54, 1.807) is 23.1 Å². The van der Waals surface area contributed by atoms with Crippen molar-refractivity contribution in [2.75, 3.05) is 13.1 Å². The first-order chi connectivity index (χ1) is 15.8. The van der Waals surface area contributed by atoms with E-state index in [9.17, 15) is 18.0 Å². The molecule has 1 aliphatic rings. The topological polar surface area (TPSA) is 49.6 Å². The Balaban J connectivity index is 1.53. The van der Waals surface area contributed by atoms with E-state index in [4.69, 9.17) is 16.0 Å². The van der Waals surface area contributed by atoms with Gasteiger partial charge in [0.15, 0.2) is 5.69 Å². The average Bonchev–Trinajstić information content (AvgIpc) is 3.47. The lowest BCUT2D eigenvalue weighted by Gasteiger charge is -2.21. The molecule has 5 nitrogen and oxygen atoms in total. The Morgan fingerprint density at radius 2 is 1.73 bits per heavy atom. The number of nitrogens with zero attached hydrogens (tertiary/aromatic N) is 3. The lowest BCUT2D eigenvalue weighted by Crippen LogP contribution is -2.28. The molecule has 0 saturated carbocycles. The Hall–Kier alpha value is -2.84. The number of amides is 1. The number of halogens is 4. The lowest BCUT2D eigenvalue weighted by atomic mass is 10.1. The molecule has 174 valence electrons. The van der Waals surface area contributed by atoms with Gasteiger partial charge in [0.05, 0.1) is 12.1 Å². The average molecular weight is 478 g/mol. The van der Waals surface area contributed by atoms with Crippen LogP contribution in [0.25, 0.3) is 0 Å². The van der Waals surface area contributed by atoms with Gasteiger partial charge in [-0.05, 0) is 42.2 Å². The molecule has 4 rings (SSSR count). The number of rotatable bonds is 7. The van der Waals surface area contributed by atoms with Crippen LogP contribution in [-0.4, -0.2) is 33.8 Å². The molecule has 1 aromatic heterocycles. The van der Waals surface area contributed by atoms with Crippen molar-refractivity contribution in [2.24, 2.45) is 0 Å². The van der Waals surface area contributed by atoms with Crippen LogP contribution in [-0.2, 0) is 25.8 Å². The maximum absolute atomic E-state index is 13.2. The highest BCUT2D eigenvalue weighted by atomic mass is 35.5. The SMILES string of the molecule is O=C(c1coc(CN(Cc2ccc(Cl)cc2)Cc2cccc(C(F)(F)F)c2)n1)N1CCCC1. The van der Waals surface area contributed by atoms with Crippen molar-refractivity contribution in [3.05, 3.63) is 88.1 Å². The van der Waals surface area contributed by atoms with Crippen LogP contribution >= 0.6 is 11.6 Å². The van der Waals surface area contributed by atoms with Crippen LogP contribution < -0.4 is 0 Å². The van der Waals surface area contributed by atoms with Crippen molar-refractivity contribution in [1.29, 1.82) is 0 Å². The fourth-order valence-electron chi connectivity index (χ4n) is 3.88. The van der Waals surface area contributed by atoms with Gasteiger partial charge in [-0.2, -0.15) is 13.2 Å². The first-order valence-electron chi connectivity index (χ1n) is 10.6. The van der Waals surface area contributed by atoms with Gasteiger partial charge in [0, 0.05) is 31.2 Å². The van der Waals surface area contributed by atoms with E-state index in [-0.39, 0.29) is 24.7 Å². The summed E-state index contributed by atoms with van der Waals surface area (Å²) in [5.74, 6) is 0.170. The van der Waals surface area contributed by atoms with Crippen LogP contribution in [0.2, 0.25) is 5.02 Å². The molecule has 0 spiro atoms. The monoisotopic (exact) mass is 477 g/mol. The van der Waals surface area contributed by atoms with Crippen molar-refractivity contribution in [2.45, 2.75) is 38.7 Å². The van der Waals surface area contributed by atoms with E-state index in [1.807, 2.05) is 17.0 Å². The molecule has 1 aliphatic heterocycles. The molecular formula is C24H23ClF3N3O2. The molecule has 0 N–H and O–H groups in total. The molecule has 2 heterocycles. The molecule has 1 saturated heterocycles. The van der Waals surface area contributed by atoms with Gasteiger partial charge in [-0.15, -0.1) is 0 Å². The molecular weight excluding hydrogens is 455 g/mol. The summed E-state index contributed by atoms with van der Waals surface area (Å²) in [5, 5.41) is 0.598. The van der Waals surface area contributed by atoms with Gasteiger partial charge in [0.25, 0.3) is 5.91 Å². The van der Waals surface area contributed by atoms with Gasteiger partial charge in [-0.3, -0.25) is 9.69 Å². The van der Waals surface area contributed by atoms with E-state index >= 15 is 0 Å². The zero-order chi connectivity index (χ0) is 23.4. The maximum atomic E-state index is 13.2. The van der Waals surface area contributed by atoms with Crippen LogP contribution in [0.4, 0.5) is 13.2 Å². The van der Waals surface area contributed by atoms with Gasteiger partial charge < -0.3 is 9.32 Å². The molecule has 0 aliphatic carbocycles. The first kappa shape index (κ1) is 23.3. The van der Waals surface area contributed by atoms with Crippen LogP contribution in [0.5, 0.6) is 0 Å². The Morgan fingerprint density at radius 1 is 1.03 bits per heavy atom. The summed E-state index contributed by atoms with van der Waals surface area (Å²) in [6.07, 6.45) is -1.12. The number of aromatic nitrogens is 1. The molecule has 2 aromatic carbocycles. The molecule has 0 radical (unpaired) electrons. The van der Waals surface area contributed by atoms with E-state index in [0.717, 1.165) is 30.5 Å². The fourth-order valence-corrected chi connectivity index (χ4v) is 4.00. The summed E-state index contributed by atoms with van der Waals surface area (Å²) in [6, 6.07) is 12.5. The van der Waals surface area contributed by atoms with E-state index in [2.05, 4.69) is 4.98 Å². The van der Waals surface area contributed by atoms with Crippen molar-refractivity contribution >= 4 is 17.5 Å². The third-order valence-electron chi connectivity index (χ3n) is 5.50. The second-order valence-electron chi connectivity index (χ2n) is 8.10. The number of oxazole rings is 1. The Bertz CT molecular complexity index is 1090. The third kappa shape index (κ3) is 6.15. The zero-order valence-electron chi connectivity index (χ0n) is 17.8. The molecule has 0 unspecified atom stereocenters. The smallest absolute Gasteiger partial charge is 0.416 e. The predicted octanol–water partition coefficient (Wildman–Crippen LogP) is 5.79. The van der Waals surface area contributed by atoms with Gasteiger partial charge >= 0.3 is 6.18 Å². The highest BCUT2D eigenvalue weighted by Gasteiger charge is 2.30. The van der Waals surface area contributed by atoms with Crippen molar-refractivity contribution in [3.8, 4) is 0 Å². The normalized spacial score (nSPS) is 14.3. The zero-order valence-corrected chi connectivity index (χ0v) is 18.6. The standard InChI is InChI=1S/C24H23ClF3N3O2/c25-20-8-6-17(7-9-20)13-30(14-18-4-3-5-19(12-18)24(26,27)28)15-22-29-21(16-33-22)23(32)31-10-1-2-11-31/h3-9,12,16H,1-2,10-11,13-15H2. The third-order valence-corrected chi connectivity index (χ3v) is 5.75. The summed E-state index contributed by atoms with van der Waals surface area (Å²) < 4.78 is 45.0. The largest absolute Gasteiger partial charge is 0.447 e. The summed E-state index contributed by atoms with van der Waals surface area (Å²) >= 11 is 5.97. The number of alkyl halides is 3. The molecule has 1 fully saturated rings. The highest BCUT2D eigenvalue weighted by Crippen LogP contribution is 2.30. The summed E-state index contributed by atoms with van der Waals surface area (Å²) in [7, 11) is 0. The summed E-state index contributed by atoms with van der Waals surface area (Å²) in [6.45, 7) is 2.32. The molecule has 0 bridgehead atoms. The van der Waals surface area contributed by atoms with E-state index in [0.29, 0.717) is 36.1 Å². The van der Waals surface area contributed by atoms with Crippen LogP contribution in [0, 0.1) is 0 Å². The quantitative estimate of drug-likeness (QED) is 0.432. The Kier molecular flexibility index (Phi) is 7.05. The van der Waals surface area contributed by atoms with Gasteiger partial charge in [-0.1, -0.05) is 41.9 Å². The number of likely N-dealkylation sites (tertiary alicyclic amines) is 1. The summed E-state index contributed by atoms with van der Waals surface area (Å²) in [4.78, 5) is 20.6. The number of benzene rings is 2. The van der Waals surface area contributed by atoms with E-state index < -0.39 is 11.7 Å². The maximum Gasteiger partial charge on any atom is 0.416 e. The van der Waals surface area contributed by atoms with Gasteiger partial charge in [0.1, 0.15) is 6.26 Å². The minimum Gasteiger partial charge on any atom is -0.447 e. The van der Waals surface area contributed by atoms with Crippen LogP contribution in [0.15, 0.2) is 59.2 Å². The lowest BCUT2D eigenvalue weighted by molar-refractivity contribution is -0.137. The van der Waals surface area contributed by atoms with Crippen molar-refractivity contribution in [1.82, 2.24) is 14.8 Å². The van der Waals surface area contributed by atoms with Crippen LogP contribution in [0.3, 0.4) is 0 Å². The van der Waals surface area contributed by atoms with Gasteiger partial charge in [0.2, 0.25) is 5.89 Å². The second kappa shape index (κ2) is 9.97. The number of carbonyl (C=O) groups is 1. The van der Waals surface area contributed by atoms with E-state index in [1.165, 1.54) is 12.3 Å². The second-order valence-corrected chi connectivity index (χ2v) is 8.53. The molecule has 33 heavy (non-hydrogen) atoms. The number of carbonyl (C=O) groups excluding carboxylic acids is 1. The van der Waals surface area contributed by atoms with Crippen molar-refractivity contribution in [3.63, 3.8) is 0 Å². The number of hydrogen-bond acceptors (Lipinski definition) is 4. The van der Waals surface area contributed by atoms with Gasteiger partial charge in [-0.25, -0.2) is 4.98 Å². The van der Waals surface area contributed by atoms with Crippen LogP contribution in [0.1, 0.15) is 45.9 Å². The van der Waals surface area contributed by atoms with Crippen molar-refractivity contribution < 1.29 is 22.4 Å². The Morgan fingerprint density at radius 3 is 2.42 bits per heavy atom. The fraction of sp³-hybridized carbons (Fsp3) is 0.333. The highest BCUT2D eigenvalue weighted by molar-refractivity contribution is 6.30. The molecule has 9 heteroatoms. The Labute approximate surface area is 194 Å².